The summed E-state index contributed by atoms with van der Waals surface area (Å²) in [4.78, 5) is 25.6. The lowest BCUT2D eigenvalue weighted by Gasteiger charge is -2.22. The van der Waals surface area contributed by atoms with Crippen molar-refractivity contribution in [2.75, 3.05) is 6.54 Å². The summed E-state index contributed by atoms with van der Waals surface area (Å²) in [5.41, 5.74) is 0.419. The van der Waals surface area contributed by atoms with Crippen molar-refractivity contribution in [3.05, 3.63) is 0 Å². The molecule has 1 aliphatic carbocycles. The minimum atomic E-state index is -0.282. The molecule has 0 radical (unpaired) electrons. The molecular formula is C15H26N2O2. The smallest absolute Gasteiger partial charge is 0.247 e. The van der Waals surface area contributed by atoms with E-state index in [1.165, 1.54) is 30.6 Å². The molecule has 0 aromatic rings. The van der Waals surface area contributed by atoms with E-state index in [1.807, 2.05) is 13.8 Å². The molecule has 4 heteroatoms. The molecule has 0 aromatic carbocycles. The zero-order valence-corrected chi connectivity index (χ0v) is 12.4. The molecule has 1 saturated heterocycles. The molecule has 2 aliphatic rings. The topological polar surface area (TPSA) is 49.4 Å². The zero-order chi connectivity index (χ0) is 14.0. The monoisotopic (exact) mass is 266 g/mol. The maximum Gasteiger partial charge on any atom is 0.247 e. The highest BCUT2D eigenvalue weighted by molar-refractivity contribution is 6.05. The first-order valence-corrected chi connectivity index (χ1v) is 7.62. The molecule has 1 aliphatic heterocycles. The number of nitrogens with one attached hydrogen (secondary N) is 1. The van der Waals surface area contributed by atoms with Gasteiger partial charge < -0.3 is 5.32 Å². The fourth-order valence-electron chi connectivity index (χ4n) is 3.02. The summed E-state index contributed by atoms with van der Waals surface area (Å²) in [7, 11) is 0. The lowest BCUT2D eigenvalue weighted by Crippen LogP contribution is -2.44. The summed E-state index contributed by atoms with van der Waals surface area (Å²) in [6.07, 6.45) is 6.10. The Labute approximate surface area is 115 Å². The van der Waals surface area contributed by atoms with Crippen LogP contribution in [0, 0.1) is 5.41 Å². The largest absolute Gasteiger partial charge is 0.305 e. The van der Waals surface area contributed by atoms with Gasteiger partial charge in [0.25, 0.3) is 0 Å². The molecule has 2 rings (SSSR count). The van der Waals surface area contributed by atoms with Gasteiger partial charge >= 0.3 is 0 Å². The van der Waals surface area contributed by atoms with Crippen molar-refractivity contribution in [3.8, 4) is 0 Å². The van der Waals surface area contributed by atoms with Crippen molar-refractivity contribution in [1.29, 1.82) is 0 Å². The van der Waals surface area contributed by atoms with Gasteiger partial charge in [-0.3, -0.25) is 14.5 Å². The Kier molecular flexibility index (Phi) is 4.29. The predicted molar refractivity (Wildman–Crippen MR) is 74.6 cm³/mol. The lowest BCUT2D eigenvalue weighted by atomic mass is 10.0. The minimum Gasteiger partial charge on any atom is -0.305 e. The fraction of sp³-hybridized carbons (Fsp3) is 0.867. The van der Waals surface area contributed by atoms with E-state index in [0.717, 1.165) is 13.0 Å². The molecule has 4 nitrogen and oxygen atoms in total. The van der Waals surface area contributed by atoms with Gasteiger partial charge in [-0.2, -0.15) is 0 Å². The van der Waals surface area contributed by atoms with Crippen molar-refractivity contribution < 1.29 is 9.59 Å². The molecule has 0 bridgehead atoms. The van der Waals surface area contributed by atoms with Crippen LogP contribution in [0.3, 0.4) is 0 Å². The van der Waals surface area contributed by atoms with E-state index < -0.39 is 0 Å². The van der Waals surface area contributed by atoms with Gasteiger partial charge in [0.05, 0.1) is 12.5 Å². The summed E-state index contributed by atoms with van der Waals surface area (Å²) in [5.74, 6) is -0.0381. The highest BCUT2D eigenvalue weighted by Gasteiger charge is 2.45. The number of rotatable bonds is 7. The first-order chi connectivity index (χ1) is 9.03. The molecule has 2 unspecified atom stereocenters. The van der Waals surface area contributed by atoms with Gasteiger partial charge in [-0.05, 0) is 38.0 Å². The van der Waals surface area contributed by atoms with Crippen molar-refractivity contribution in [2.24, 2.45) is 5.41 Å². The number of imide groups is 1. The fourth-order valence-corrected chi connectivity index (χ4v) is 3.02. The number of hydrogen-bond acceptors (Lipinski definition) is 3. The molecule has 0 aromatic heterocycles. The Bertz CT molecular complexity index is 363. The molecular weight excluding hydrogens is 240 g/mol. The second-order valence-electron chi connectivity index (χ2n) is 6.25. The highest BCUT2D eigenvalue weighted by Crippen LogP contribution is 2.49. The number of nitrogens with zero attached hydrogens (tertiary/aromatic N) is 1. The van der Waals surface area contributed by atoms with Crippen LogP contribution in [0.4, 0.5) is 0 Å². The third-order valence-electron chi connectivity index (χ3n) is 4.68. The van der Waals surface area contributed by atoms with Crippen LogP contribution in [0.25, 0.3) is 0 Å². The molecule has 2 amide bonds. The Hall–Kier alpha value is -0.900. The summed E-state index contributed by atoms with van der Waals surface area (Å²) >= 11 is 0. The molecule has 1 N–H and O–H groups in total. The average Bonchev–Trinajstić information content (AvgIpc) is 3.08. The van der Waals surface area contributed by atoms with Crippen molar-refractivity contribution in [1.82, 2.24) is 10.2 Å². The lowest BCUT2D eigenvalue weighted by molar-refractivity contribution is -0.141. The molecule has 2 fully saturated rings. The Morgan fingerprint density at radius 2 is 2.05 bits per heavy atom. The summed E-state index contributed by atoms with van der Waals surface area (Å²) in [6.45, 7) is 7.04. The van der Waals surface area contributed by atoms with E-state index in [1.54, 1.807) is 0 Å². The van der Waals surface area contributed by atoms with Crippen LogP contribution in [-0.4, -0.2) is 35.3 Å². The van der Waals surface area contributed by atoms with Crippen molar-refractivity contribution in [3.63, 3.8) is 0 Å². The molecule has 0 spiro atoms. The van der Waals surface area contributed by atoms with Gasteiger partial charge in [0.1, 0.15) is 0 Å². The van der Waals surface area contributed by atoms with Crippen molar-refractivity contribution >= 4 is 11.8 Å². The maximum atomic E-state index is 12.3. The number of carbonyl (C=O) groups excluding carboxylic acids is 2. The Morgan fingerprint density at radius 1 is 1.37 bits per heavy atom. The summed E-state index contributed by atoms with van der Waals surface area (Å²) < 4.78 is 0. The minimum absolute atomic E-state index is 0.0165. The number of amides is 2. The van der Waals surface area contributed by atoms with Crippen LogP contribution in [0.1, 0.15) is 59.3 Å². The predicted octanol–water partition coefficient (Wildman–Crippen LogP) is 2.08. The van der Waals surface area contributed by atoms with E-state index in [0.29, 0.717) is 11.8 Å². The highest BCUT2D eigenvalue weighted by atomic mass is 16.2. The van der Waals surface area contributed by atoms with Crippen LogP contribution in [0.2, 0.25) is 0 Å². The van der Waals surface area contributed by atoms with Crippen LogP contribution in [0.5, 0.6) is 0 Å². The SMILES string of the molecule is CCCC1(CNC2CC(=O)N(C(C)CC)C2=O)CC1. The van der Waals surface area contributed by atoms with Crippen LogP contribution in [-0.2, 0) is 9.59 Å². The molecule has 1 heterocycles. The normalized spacial score (nSPS) is 26.9. The van der Waals surface area contributed by atoms with Crippen LogP contribution in [0.15, 0.2) is 0 Å². The van der Waals surface area contributed by atoms with Gasteiger partial charge in [0, 0.05) is 12.6 Å². The van der Waals surface area contributed by atoms with E-state index in [-0.39, 0.29) is 23.9 Å². The third kappa shape index (κ3) is 2.99. The van der Waals surface area contributed by atoms with E-state index in [9.17, 15) is 9.59 Å². The maximum absolute atomic E-state index is 12.3. The molecule has 2 atom stereocenters. The van der Waals surface area contributed by atoms with Gasteiger partial charge in [-0.25, -0.2) is 0 Å². The first kappa shape index (κ1) is 14.5. The molecule has 1 saturated carbocycles. The van der Waals surface area contributed by atoms with Gasteiger partial charge in [0.15, 0.2) is 0 Å². The van der Waals surface area contributed by atoms with Crippen molar-refractivity contribution in [2.45, 2.75) is 71.4 Å². The average molecular weight is 266 g/mol. The second kappa shape index (κ2) is 5.61. The van der Waals surface area contributed by atoms with E-state index >= 15 is 0 Å². The first-order valence-electron chi connectivity index (χ1n) is 7.62. The zero-order valence-electron chi connectivity index (χ0n) is 12.4. The molecule has 108 valence electrons. The second-order valence-corrected chi connectivity index (χ2v) is 6.25. The Morgan fingerprint density at radius 3 is 2.58 bits per heavy atom. The van der Waals surface area contributed by atoms with E-state index in [4.69, 9.17) is 0 Å². The number of carbonyl (C=O) groups is 2. The summed E-state index contributed by atoms with van der Waals surface area (Å²) in [5, 5.41) is 3.35. The number of likely N-dealkylation sites (tertiary alicyclic amines) is 1. The standard InChI is InChI=1S/C15H26N2O2/c1-4-6-15(7-8-15)10-16-12-9-13(18)17(14(12)19)11(3)5-2/h11-12,16H,4-10H2,1-3H3. The van der Waals surface area contributed by atoms with Gasteiger partial charge in [0.2, 0.25) is 11.8 Å². The van der Waals surface area contributed by atoms with Gasteiger partial charge in [-0.15, -0.1) is 0 Å². The van der Waals surface area contributed by atoms with Gasteiger partial charge in [-0.1, -0.05) is 20.3 Å². The third-order valence-corrected chi connectivity index (χ3v) is 4.68. The van der Waals surface area contributed by atoms with Crippen LogP contribution < -0.4 is 5.32 Å². The van der Waals surface area contributed by atoms with E-state index in [2.05, 4.69) is 12.2 Å². The number of hydrogen-bond donors (Lipinski definition) is 1. The Balaban J connectivity index is 1.89. The molecule has 19 heavy (non-hydrogen) atoms. The summed E-state index contributed by atoms with van der Waals surface area (Å²) in [6, 6.07) is -0.256. The quantitative estimate of drug-likeness (QED) is 0.718. The van der Waals surface area contributed by atoms with Crippen LogP contribution >= 0.6 is 0 Å².